The van der Waals surface area contributed by atoms with Gasteiger partial charge < -0.3 is 20.7 Å². The zero-order chi connectivity index (χ0) is 15.0. The van der Waals surface area contributed by atoms with E-state index in [0.29, 0.717) is 18.6 Å². The van der Waals surface area contributed by atoms with Crippen LogP contribution in [0.25, 0.3) is 0 Å². The molecule has 1 aliphatic carbocycles. The topological polar surface area (TPSA) is 62.9 Å². The lowest BCUT2D eigenvalue weighted by Gasteiger charge is -2.34. The number of hydrogen-bond donors (Lipinski definition) is 2. The normalized spacial score (nSPS) is 20.9. The van der Waals surface area contributed by atoms with Gasteiger partial charge in [-0.2, -0.15) is 0 Å². The maximum absolute atomic E-state index is 5.95. The maximum Gasteiger partial charge on any atom is 0.188 e. The maximum atomic E-state index is 5.95. The highest BCUT2D eigenvalue weighted by Crippen LogP contribution is 2.28. The summed E-state index contributed by atoms with van der Waals surface area (Å²) in [6.07, 6.45) is 6.75. The van der Waals surface area contributed by atoms with Crippen LogP contribution in [0.4, 0.5) is 0 Å². The minimum Gasteiger partial charge on any atom is -0.383 e. The second kappa shape index (κ2) is 9.19. The quantitative estimate of drug-likeness (QED) is 0.548. The first-order valence-corrected chi connectivity index (χ1v) is 7.76. The molecule has 1 rings (SSSR count). The highest BCUT2D eigenvalue weighted by Gasteiger charge is 2.25. The smallest absolute Gasteiger partial charge is 0.188 e. The monoisotopic (exact) mass is 284 g/mol. The molecule has 0 aromatic heterocycles. The van der Waals surface area contributed by atoms with Crippen LogP contribution in [0.2, 0.25) is 0 Å². The van der Waals surface area contributed by atoms with Crippen LogP contribution in [0, 0.1) is 5.92 Å². The number of nitrogens with two attached hydrogens (primary N) is 1. The van der Waals surface area contributed by atoms with E-state index in [1.807, 2.05) is 6.92 Å². The lowest BCUT2D eigenvalue weighted by atomic mass is 9.83. The molecular formula is C15H32N4O. The summed E-state index contributed by atoms with van der Waals surface area (Å²) in [5, 5.41) is 3.16. The zero-order valence-electron chi connectivity index (χ0n) is 13.6. The van der Waals surface area contributed by atoms with Crippen LogP contribution in [0.1, 0.15) is 39.0 Å². The van der Waals surface area contributed by atoms with Gasteiger partial charge in [0, 0.05) is 19.2 Å². The first-order valence-electron chi connectivity index (χ1n) is 7.76. The molecule has 0 amide bonds. The van der Waals surface area contributed by atoms with Gasteiger partial charge in [0.2, 0.25) is 0 Å². The molecule has 5 nitrogen and oxygen atoms in total. The van der Waals surface area contributed by atoms with Crippen molar-refractivity contribution >= 4 is 5.96 Å². The van der Waals surface area contributed by atoms with Gasteiger partial charge in [0.15, 0.2) is 5.96 Å². The van der Waals surface area contributed by atoms with E-state index in [-0.39, 0.29) is 6.04 Å². The number of nitrogens with zero attached hydrogens (tertiary/aromatic N) is 2. The molecule has 0 saturated heterocycles. The van der Waals surface area contributed by atoms with Gasteiger partial charge >= 0.3 is 0 Å². The highest BCUT2D eigenvalue weighted by molar-refractivity contribution is 5.78. The van der Waals surface area contributed by atoms with E-state index in [9.17, 15) is 0 Å². The fourth-order valence-electron chi connectivity index (χ4n) is 3.03. The van der Waals surface area contributed by atoms with E-state index < -0.39 is 0 Å². The van der Waals surface area contributed by atoms with Gasteiger partial charge in [-0.05, 0) is 39.8 Å². The van der Waals surface area contributed by atoms with E-state index >= 15 is 0 Å². The summed E-state index contributed by atoms with van der Waals surface area (Å²) in [6, 6.07) is 0.685. The molecule has 118 valence electrons. The second-order valence-electron chi connectivity index (χ2n) is 6.16. The van der Waals surface area contributed by atoms with E-state index in [0.717, 1.165) is 12.5 Å². The highest BCUT2D eigenvalue weighted by atomic mass is 16.5. The predicted octanol–water partition coefficient (Wildman–Crippen LogP) is 1.44. The third-order valence-corrected chi connectivity index (χ3v) is 4.12. The molecule has 0 aromatic rings. The molecule has 3 N–H and O–H groups in total. The Morgan fingerprint density at radius 1 is 1.35 bits per heavy atom. The molecule has 5 heteroatoms. The van der Waals surface area contributed by atoms with E-state index in [1.165, 1.54) is 32.1 Å². The minimum absolute atomic E-state index is 0.191. The Kier molecular flexibility index (Phi) is 7.92. The van der Waals surface area contributed by atoms with Gasteiger partial charge in [-0.1, -0.05) is 19.3 Å². The summed E-state index contributed by atoms with van der Waals surface area (Å²) >= 11 is 0. The van der Waals surface area contributed by atoms with E-state index in [1.54, 1.807) is 7.11 Å². The molecule has 1 fully saturated rings. The number of likely N-dealkylation sites (N-methyl/N-ethyl adjacent to an activating group) is 1. The lowest BCUT2D eigenvalue weighted by molar-refractivity contribution is 0.174. The zero-order valence-corrected chi connectivity index (χ0v) is 13.6. The molecule has 20 heavy (non-hydrogen) atoms. The van der Waals surface area contributed by atoms with Crippen LogP contribution in [-0.4, -0.2) is 57.3 Å². The van der Waals surface area contributed by atoms with Gasteiger partial charge in [0.05, 0.1) is 13.2 Å². The fraction of sp³-hybridized carbons (Fsp3) is 0.933. The van der Waals surface area contributed by atoms with Crippen molar-refractivity contribution in [2.45, 2.75) is 51.1 Å². The Labute approximate surface area is 124 Å². The third-order valence-electron chi connectivity index (χ3n) is 4.12. The number of nitrogens with one attached hydrogen (secondary N) is 1. The molecule has 2 unspecified atom stereocenters. The number of hydrogen-bond acceptors (Lipinski definition) is 3. The van der Waals surface area contributed by atoms with Gasteiger partial charge in [-0.25, -0.2) is 0 Å². The number of guanidine groups is 1. The summed E-state index contributed by atoms with van der Waals surface area (Å²) in [4.78, 5) is 6.83. The van der Waals surface area contributed by atoms with E-state index in [4.69, 9.17) is 10.5 Å². The third kappa shape index (κ3) is 6.09. The number of ether oxygens (including phenoxy) is 1. The Morgan fingerprint density at radius 2 is 2.00 bits per heavy atom. The Balaban J connectivity index is 2.48. The number of methoxy groups -OCH3 is 1. The SMILES string of the molecule is COCC(C)NC(N)=NCC(C1CCCCC1)N(C)C. The minimum atomic E-state index is 0.191. The van der Waals surface area contributed by atoms with E-state index in [2.05, 4.69) is 29.3 Å². The fourth-order valence-corrected chi connectivity index (χ4v) is 3.03. The van der Waals surface area contributed by atoms with Crippen LogP contribution >= 0.6 is 0 Å². The molecule has 0 spiro atoms. The molecule has 1 saturated carbocycles. The predicted molar refractivity (Wildman–Crippen MR) is 85.0 cm³/mol. The molecule has 0 aromatic carbocycles. The van der Waals surface area contributed by atoms with Crippen molar-refractivity contribution in [2.24, 2.45) is 16.6 Å². The van der Waals surface area contributed by atoms with Crippen molar-refractivity contribution in [3.63, 3.8) is 0 Å². The molecule has 0 bridgehead atoms. The summed E-state index contributed by atoms with van der Waals surface area (Å²) in [5.74, 6) is 1.28. The first kappa shape index (κ1) is 17.2. The lowest BCUT2D eigenvalue weighted by Crippen LogP contribution is -2.43. The van der Waals surface area contributed by atoms with Crippen LogP contribution in [0.3, 0.4) is 0 Å². The second-order valence-corrected chi connectivity index (χ2v) is 6.16. The Hall–Kier alpha value is -0.810. The van der Waals surface area contributed by atoms with Crippen molar-refractivity contribution in [1.82, 2.24) is 10.2 Å². The van der Waals surface area contributed by atoms with Gasteiger partial charge in [-0.3, -0.25) is 4.99 Å². The van der Waals surface area contributed by atoms with Crippen LogP contribution in [0.15, 0.2) is 4.99 Å². The first-order chi connectivity index (χ1) is 9.54. The van der Waals surface area contributed by atoms with Crippen LogP contribution < -0.4 is 11.1 Å². The molecule has 0 aliphatic heterocycles. The molecule has 0 radical (unpaired) electrons. The largest absolute Gasteiger partial charge is 0.383 e. The standard InChI is InChI=1S/C15H32N4O/c1-12(11-20-4)18-15(16)17-10-14(19(2)3)13-8-6-5-7-9-13/h12-14H,5-11H2,1-4H3,(H3,16,17,18). The van der Waals surface area contributed by atoms with Gasteiger partial charge in [0.25, 0.3) is 0 Å². The molecule has 1 aliphatic rings. The number of aliphatic imine (C=N–C) groups is 1. The van der Waals surface area contributed by atoms with Crippen LogP contribution in [0.5, 0.6) is 0 Å². The van der Waals surface area contributed by atoms with Crippen molar-refractivity contribution in [1.29, 1.82) is 0 Å². The Morgan fingerprint density at radius 3 is 2.55 bits per heavy atom. The van der Waals surface area contributed by atoms with Crippen LogP contribution in [-0.2, 0) is 4.74 Å². The average Bonchev–Trinajstić information content (AvgIpc) is 2.40. The summed E-state index contributed by atoms with van der Waals surface area (Å²) in [7, 11) is 5.98. The van der Waals surface area contributed by atoms with Crippen molar-refractivity contribution < 1.29 is 4.74 Å². The average molecular weight is 284 g/mol. The van der Waals surface area contributed by atoms with Crippen molar-refractivity contribution in [3.8, 4) is 0 Å². The molecular weight excluding hydrogens is 252 g/mol. The van der Waals surface area contributed by atoms with Gasteiger partial charge in [-0.15, -0.1) is 0 Å². The molecule has 2 atom stereocenters. The Bertz CT molecular complexity index is 288. The summed E-state index contributed by atoms with van der Waals surface area (Å²) in [6.45, 7) is 3.45. The summed E-state index contributed by atoms with van der Waals surface area (Å²) < 4.78 is 5.08. The molecule has 0 heterocycles. The number of rotatable bonds is 7. The van der Waals surface area contributed by atoms with Crippen molar-refractivity contribution in [2.75, 3.05) is 34.4 Å². The summed E-state index contributed by atoms with van der Waals surface area (Å²) in [5.41, 5.74) is 5.95. The van der Waals surface area contributed by atoms with Crippen molar-refractivity contribution in [3.05, 3.63) is 0 Å². The van der Waals surface area contributed by atoms with Gasteiger partial charge in [0.1, 0.15) is 0 Å².